The second kappa shape index (κ2) is 10.2. The van der Waals surface area contributed by atoms with Crippen molar-refractivity contribution >= 4 is 23.7 Å². The van der Waals surface area contributed by atoms with Gasteiger partial charge in [-0.15, -0.1) is 0 Å². The molecular formula is C19H26F3N5O4. The van der Waals surface area contributed by atoms with Crippen LogP contribution in [0.1, 0.15) is 54.1 Å². The van der Waals surface area contributed by atoms with Gasteiger partial charge in [-0.05, 0) is 36.5 Å². The lowest BCUT2D eigenvalue weighted by Crippen LogP contribution is -2.47. The molecule has 7 N–H and O–H groups in total. The van der Waals surface area contributed by atoms with Crippen molar-refractivity contribution in [1.82, 2.24) is 4.90 Å². The fraction of sp³-hybridized carbons (Fsp3) is 0.474. The van der Waals surface area contributed by atoms with E-state index in [1.807, 2.05) is 0 Å². The van der Waals surface area contributed by atoms with E-state index in [2.05, 4.69) is 4.99 Å². The van der Waals surface area contributed by atoms with Crippen molar-refractivity contribution in [3.05, 3.63) is 34.9 Å². The van der Waals surface area contributed by atoms with Crippen molar-refractivity contribution < 1.29 is 32.7 Å². The second-order valence-corrected chi connectivity index (χ2v) is 6.95. The summed E-state index contributed by atoms with van der Waals surface area (Å²) >= 11 is 0. The molecule has 0 spiro atoms. The third kappa shape index (κ3) is 6.67. The fourth-order valence-electron chi connectivity index (χ4n) is 3.39. The van der Waals surface area contributed by atoms with Crippen molar-refractivity contribution in [3.8, 4) is 0 Å². The van der Waals surface area contributed by atoms with Crippen LogP contribution < -0.4 is 17.2 Å². The number of halogens is 3. The van der Waals surface area contributed by atoms with Gasteiger partial charge in [-0.1, -0.05) is 13.5 Å². The van der Waals surface area contributed by atoms with Crippen LogP contribution in [0.5, 0.6) is 0 Å². The Labute approximate surface area is 177 Å². The molecule has 1 aromatic carbocycles. The molecule has 12 heteroatoms. The minimum absolute atomic E-state index is 0. The molecular weight excluding hydrogens is 419 g/mol. The molecule has 2 amide bonds. The number of carbonyl (C=O) groups is 3. The summed E-state index contributed by atoms with van der Waals surface area (Å²) in [6.07, 6.45) is -4.77. The van der Waals surface area contributed by atoms with Crippen molar-refractivity contribution in [2.75, 3.05) is 13.1 Å². The highest BCUT2D eigenvalue weighted by Crippen LogP contribution is 2.39. The van der Waals surface area contributed by atoms with Crippen molar-refractivity contribution in [3.63, 3.8) is 0 Å². The second-order valence-electron chi connectivity index (χ2n) is 6.95. The zero-order valence-corrected chi connectivity index (χ0v) is 15.9. The number of piperidine rings is 1. The van der Waals surface area contributed by atoms with Gasteiger partial charge in [-0.3, -0.25) is 14.4 Å². The van der Waals surface area contributed by atoms with Crippen LogP contribution >= 0.6 is 0 Å². The van der Waals surface area contributed by atoms with E-state index in [4.69, 9.17) is 22.3 Å². The molecule has 0 aliphatic carbocycles. The number of alkyl halides is 3. The molecule has 1 atom stereocenters. The van der Waals surface area contributed by atoms with Crippen LogP contribution in [0.15, 0.2) is 23.2 Å². The lowest BCUT2D eigenvalue weighted by Gasteiger charge is -2.34. The molecule has 1 saturated heterocycles. The number of carboxylic acids is 1. The normalized spacial score (nSPS) is 15.5. The highest BCUT2D eigenvalue weighted by molar-refractivity contribution is 6.02. The van der Waals surface area contributed by atoms with Gasteiger partial charge in [0.1, 0.15) is 0 Å². The van der Waals surface area contributed by atoms with Crippen molar-refractivity contribution in [2.24, 2.45) is 22.2 Å². The maximum absolute atomic E-state index is 13.6. The smallest absolute Gasteiger partial charge is 0.416 e. The first-order valence-electron chi connectivity index (χ1n) is 9.01. The number of carbonyl (C=O) groups excluding carboxylic acids is 2. The molecule has 0 aromatic heterocycles. The van der Waals surface area contributed by atoms with Gasteiger partial charge in [-0.25, -0.2) is 0 Å². The van der Waals surface area contributed by atoms with E-state index in [1.54, 1.807) is 0 Å². The number of aliphatic carboxylic acids is 1. The van der Waals surface area contributed by atoms with Gasteiger partial charge < -0.3 is 27.2 Å². The minimum atomic E-state index is -4.71. The van der Waals surface area contributed by atoms with Gasteiger partial charge in [0, 0.05) is 18.7 Å². The molecule has 0 bridgehead atoms. The predicted molar refractivity (Wildman–Crippen MR) is 107 cm³/mol. The van der Waals surface area contributed by atoms with E-state index in [0.29, 0.717) is 6.07 Å². The number of carboxylic acid groups (broad SMARTS) is 1. The quantitative estimate of drug-likeness (QED) is 0.391. The first-order valence-corrected chi connectivity index (χ1v) is 9.01. The Morgan fingerprint density at radius 1 is 1.19 bits per heavy atom. The number of nitrogens with zero attached hydrogens (tertiary/aromatic N) is 2. The molecule has 1 aliphatic rings. The van der Waals surface area contributed by atoms with Gasteiger partial charge in [-0.2, -0.15) is 18.2 Å². The molecule has 0 unspecified atom stereocenters. The Morgan fingerprint density at radius 3 is 2.26 bits per heavy atom. The average Bonchev–Trinajstić information content (AvgIpc) is 2.65. The van der Waals surface area contributed by atoms with E-state index >= 15 is 0 Å². The minimum Gasteiger partial charge on any atom is -0.481 e. The van der Waals surface area contributed by atoms with Gasteiger partial charge in [0.2, 0.25) is 5.91 Å². The maximum Gasteiger partial charge on any atom is 0.416 e. The number of benzene rings is 1. The number of hydrogen-bond donors (Lipinski definition) is 4. The highest BCUT2D eigenvalue weighted by Gasteiger charge is 2.37. The van der Waals surface area contributed by atoms with E-state index in [1.165, 1.54) is 17.0 Å². The van der Waals surface area contributed by atoms with Crippen LogP contribution in [-0.2, 0) is 15.8 Å². The third-order valence-electron chi connectivity index (χ3n) is 4.79. The van der Waals surface area contributed by atoms with Crippen LogP contribution in [0.25, 0.3) is 0 Å². The number of guanidine groups is 1. The topological polar surface area (TPSA) is 165 Å². The number of aliphatic imine (C=N–C) groups is 1. The van der Waals surface area contributed by atoms with Crippen LogP contribution in [0, 0.1) is 0 Å². The summed E-state index contributed by atoms with van der Waals surface area (Å²) in [6, 6.07) is 1.95. The van der Waals surface area contributed by atoms with Crippen molar-refractivity contribution in [1.29, 1.82) is 0 Å². The lowest BCUT2D eigenvalue weighted by molar-refractivity contribution is -0.142. The molecule has 31 heavy (non-hydrogen) atoms. The van der Waals surface area contributed by atoms with Crippen LogP contribution in [-0.4, -0.2) is 52.9 Å². The summed E-state index contributed by atoms with van der Waals surface area (Å²) in [5, 5.41) is 8.74. The highest BCUT2D eigenvalue weighted by atomic mass is 19.4. The van der Waals surface area contributed by atoms with Gasteiger partial charge in [0.15, 0.2) is 5.96 Å². The molecule has 9 nitrogen and oxygen atoms in total. The molecule has 1 aromatic rings. The molecule has 1 fully saturated rings. The number of hydrogen-bond acceptors (Lipinski definition) is 4. The zero-order valence-electron chi connectivity index (χ0n) is 15.9. The van der Waals surface area contributed by atoms with Crippen molar-refractivity contribution in [2.45, 2.75) is 44.8 Å². The summed E-state index contributed by atoms with van der Waals surface area (Å²) < 4.78 is 40.8. The lowest BCUT2D eigenvalue weighted by atomic mass is 9.85. The fourth-order valence-corrected chi connectivity index (χ4v) is 3.39. The SMILES string of the molecule is C.NC(N)=NC(=O)c1ccc(C2CCN(C(=O)[C@@H](N)CC(=O)O)CC2)c(C(F)(F)F)c1. The van der Waals surface area contributed by atoms with Gasteiger partial charge in [0.25, 0.3) is 5.91 Å². The Balaban J connectivity index is 0.00000480. The van der Waals surface area contributed by atoms with E-state index in [9.17, 15) is 27.6 Å². The monoisotopic (exact) mass is 445 g/mol. The molecule has 1 heterocycles. The van der Waals surface area contributed by atoms with E-state index in [-0.39, 0.29) is 44.5 Å². The third-order valence-corrected chi connectivity index (χ3v) is 4.79. The first-order chi connectivity index (χ1) is 13.9. The van der Waals surface area contributed by atoms with E-state index < -0.39 is 53.9 Å². The van der Waals surface area contributed by atoms with Crippen LogP contribution in [0.2, 0.25) is 0 Å². The Bertz CT molecular complexity index is 861. The van der Waals surface area contributed by atoms with Gasteiger partial charge >= 0.3 is 12.1 Å². The zero-order chi connectivity index (χ0) is 22.6. The molecule has 172 valence electrons. The van der Waals surface area contributed by atoms with Crippen LogP contribution in [0.3, 0.4) is 0 Å². The summed E-state index contributed by atoms with van der Waals surface area (Å²) in [4.78, 5) is 39.4. The largest absolute Gasteiger partial charge is 0.481 e. The number of amides is 2. The molecule has 0 radical (unpaired) electrons. The Kier molecular flexibility index (Phi) is 8.55. The van der Waals surface area contributed by atoms with Gasteiger partial charge in [0.05, 0.1) is 18.0 Å². The number of rotatable bonds is 5. The molecule has 1 aliphatic heterocycles. The molecule has 2 rings (SSSR count). The average molecular weight is 445 g/mol. The Hall–Kier alpha value is -3.15. The first kappa shape index (κ1) is 25.9. The Morgan fingerprint density at radius 2 is 1.77 bits per heavy atom. The summed E-state index contributed by atoms with van der Waals surface area (Å²) in [5.41, 5.74) is 14.5. The predicted octanol–water partition coefficient (Wildman–Crippen LogP) is 1.26. The summed E-state index contributed by atoms with van der Waals surface area (Å²) in [6.45, 7) is 0.283. The maximum atomic E-state index is 13.6. The number of nitrogens with two attached hydrogens (primary N) is 3. The summed E-state index contributed by atoms with van der Waals surface area (Å²) in [5.74, 6) is -3.81. The standard InChI is InChI=1S/C18H22F3N5O4.CH4/c19-18(20,21)12-7-10(15(29)25-17(23)24)1-2-11(12)9-3-5-26(6-4-9)16(30)13(22)8-14(27)28;/h1-2,7,9,13H,3-6,8,22H2,(H,27,28)(H4,23,24,25,29);1H4/t13-;/m0./s1. The number of likely N-dealkylation sites (tertiary alicyclic amines) is 1. The van der Waals surface area contributed by atoms with Crippen LogP contribution in [0.4, 0.5) is 13.2 Å². The summed E-state index contributed by atoms with van der Waals surface area (Å²) in [7, 11) is 0. The van der Waals surface area contributed by atoms with E-state index in [0.717, 1.165) is 0 Å². The molecule has 0 saturated carbocycles.